The molecule has 1 N–H and O–H groups in total. The van der Waals surface area contributed by atoms with Crippen LogP contribution in [0.4, 0.5) is 18.9 Å². The van der Waals surface area contributed by atoms with Crippen LogP contribution in [0.3, 0.4) is 0 Å². The van der Waals surface area contributed by atoms with Crippen molar-refractivity contribution < 1.29 is 22.8 Å². The zero-order chi connectivity index (χ0) is 20.5. The van der Waals surface area contributed by atoms with Crippen LogP contribution < -0.4 is 10.2 Å². The van der Waals surface area contributed by atoms with Crippen molar-refractivity contribution in [1.82, 2.24) is 5.32 Å². The van der Waals surface area contributed by atoms with Gasteiger partial charge in [0.2, 0.25) is 5.91 Å². The Balaban J connectivity index is 1.79. The number of carbonyl (C=O) groups excluding carboxylic acids is 2. The van der Waals surface area contributed by atoms with E-state index in [1.807, 2.05) is 0 Å². The number of hydrogen-bond acceptors (Lipinski definition) is 2. The highest BCUT2D eigenvalue weighted by molar-refractivity contribution is 6.34. The van der Waals surface area contributed by atoms with Gasteiger partial charge in [-0.15, -0.1) is 0 Å². The van der Waals surface area contributed by atoms with Gasteiger partial charge in [-0.05, 0) is 49.2 Å². The van der Waals surface area contributed by atoms with Gasteiger partial charge in [0.05, 0.1) is 22.3 Å². The molecule has 8 heteroatoms. The number of alkyl halides is 3. The molecule has 1 saturated heterocycles. The van der Waals surface area contributed by atoms with Crippen LogP contribution in [0.1, 0.15) is 47.3 Å². The first-order chi connectivity index (χ1) is 13.2. The summed E-state index contributed by atoms with van der Waals surface area (Å²) < 4.78 is 38.7. The molecule has 0 aromatic heterocycles. The molecule has 1 aliphatic rings. The molecule has 0 radical (unpaired) electrons. The Morgan fingerprint density at radius 3 is 2.61 bits per heavy atom. The molecule has 2 amide bonds. The maximum absolute atomic E-state index is 12.9. The van der Waals surface area contributed by atoms with E-state index >= 15 is 0 Å². The van der Waals surface area contributed by atoms with Crippen LogP contribution >= 0.6 is 11.6 Å². The highest BCUT2D eigenvalue weighted by Crippen LogP contribution is 2.32. The summed E-state index contributed by atoms with van der Waals surface area (Å²) in [5, 5.41) is 3.05. The van der Waals surface area contributed by atoms with E-state index in [2.05, 4.69) is 5.32 Å². The van der Waals surface area contributed by atoms with Crippen LogP contribution in [0.25, 0.3) is 0 Å². The van der Waals surface area contributed by atoms with Gasteiger partial charge in [0, 0.05) is 18.5 Å². The largest absolute Gasteiger partial charge is 0.416 e. The van der Waals surface area contributed by atoms with Gasteiger partial charge in [0.15, 0.2) is 0 Å². The van der Waals surface area contributed by atoms with E-state index in [4.69, 9.17) is 11.6 Å². The summed E-state index contributed by atoms with van der Waals surface area (Å²) in [6.45, 7) is 2.14. The normalized spacial score (nSPS) is 15.6. The van der Waals surface area contributed by atoms with E-state index in [9.17, 15) is 22.8 Å². The minimum atomic E-state index is -4.45. The smallest absolute Gasteiger partial charge is 0.346 e. The van der Waals surface area contributed by atoms with Crippen molar-refractivity contribution in [2.75, 3.05) is 11.4 Å². The quantitative estimate of drug-likeness (QED) is 0.773. The number of benzene rings is 2. The van der Waals surface area contributed by atoms with Crippen LogP contribution in [0.15, 0.2) is 42.5 Å². The summed E-state index contributed by atoms with van der Waals surface area (Å²) in [7, 11) is 0. The first-order valence-corrected chi connectivity index (χ1v) is 9.12. The van der Waals surface area contributed by atoms with Gasteiger partial charge in [0.1, 0.15) is 0 Å². The van der Waals surface area contributed by atoms with Gasteiger partial charge in [-0.3, -0.25) is 9.59 Å². The predicted molar refractivity (Wildman–Crippen MR) is 100 cm³/mol. The molecular formula is C20H18ClF3N2O2. The predicted octanol–water partition coefficient (Wildman–Crippen LogP) is 4.98. The lowest BCUT2D eigenvalue weighted by Gasteiger charge is -2.19. The molecule has 1 fully saturated rings. The molecule has 1 heterocycles. The molecule has 4 nitrogen and oxygen atoms in total. The maximum Gasteiger partial charge on any atom is 0.416 e. The Morgan fingerprint density at radius 2 is 1.96 bits per heavy atom. The Kier molecular flexibility index (Phi) is 5.65. The average Bonchev–Trinajstić information content (AvgIpc) is 3.07. The molecule has 28 heavy (non-hydrogen) atoms. The van der Waals surface area contributed by atoms with Crippen LogP contribution in [0.2, 0.25) is 5.02 Å². The number of anilines is 1. The lowest BCUT2D eigenvalue weighted by Crippen LogP contribution is -2.28. The number of hydrogen-bond donors (Lipinski definition) is 1. The van der Waals surface area contributed by atoms with Crippen molar-refractivity contribution in [3.8, 4) is 0 Å². The summed E-state index contributed by atoms with van der Waals surface area (Å²) in [6, 6.07) is 8.77. The fourth-order valence-corrected chi connectivity index (χ4v) is 3.33. The average molecular weight is 411 g/mol. The van der Waals surface area contributed by atoms with Gasteiger partial charge in [-0.2, -0.15) is 13.2 Å². The summed E-state index contributed by atoms with van der Waals surface area (Å²) in [4.78, 5) is 26.1. The van der Waals surface area contributed by atoms with Crippen LogP contribution in [0.5, 0.6) is 0 Å². The summed E-state index contributed by atoms with van der Waals surface area (Å²) in [6.07, 6.45) is -3.30. The second-order valence-corrected chi connectivity index (χ2v) is 7.04. The molecular weight excluding hydrogens is 393 g/mol. The first kappa shape index (κ1) is 20.2. The molecule has 2 aromatic carbocycles. The van der Waals surface area contributed by atoms with Gasteiger partial charge < -0.3 is 10.2 Å². The Hall–Kier alpha value is -2.54. The monoisotopic (exact) mass is 410 g/mol. The zero-order valence-corrected chi connectivity index (χ0v) is 15.8. The third-order valence-electron chi connectivity index (χ3n) is 4.63. The molecule has 0 unspecified atom stereocenters. The number of carbonyl (C=O) groups is 2. The van der Waals surface area contributed by atoms with Gasteiger partial charge in [0.25, 0.3) is 5.91 Å². The van der Waals surface area contributed by atoms with Crippen molar-refractivity contribution in [2.45, 2.75) is 32.0 Å². The molecule has 3 rings (SSSR count). The van der Waals surface area contributed by atoms with Gasteiger partial charge in [-0.1, -0.05) is 23.7 Å². The summed E-state index contributed by atoms with van der Waals surface area (Å²) in [5.74, 6) is -0.522. The number of nitrogens with one attached hydrogen (secondary N) is 1. The van der Waals surface area contributed by atoms with E-state index in [1.165, 1.54) is 35.2 Å². The highest BCUT2D eigenvalue weighted by Gasteiger charge is 2.31. The lowest BCUT2D eigenvalue weighted by molar-refractivity contribution is -0.137. The fraction of sp³-hybridized carbons (Fsp3) is 0.300. The number of nitrogens with zero attached hydrogens (tertiary/aromatic N) is 1. The van der Waals surface area contributed by atoms with Crippen LogP contribution in [-0.2, 0) is 11.0 Å². The SMILES string of the molecule is C[C@H](NC(=O)c1ccc(Cl)c(N2CCCC2=O)c1)c1cccc(C(F)(F)F)c1. The lowest BCUT2D eigenvalue weighted by atomic mass is 10.0. The second kappa shape index (κ2) is 7.83. The molecule has 2 aromatic rings. The fourth-order valence-electron chi connectivity index (χ4n) is 3.11. The number of rotatable bonds is 4. The highest BCUT2D eigenvalue weighted by atomic mass is 35.5. The molecule has 0 spiro atoms. The van der Waals surface area contributed by atoms with Gasteiger partial charge in [-0.25, -0.2) is 0 Å². The molecule has 0 saturated carbocycles. The van der Waals surface area contributed by atoms with E-state index in [-0.39, 0.29) is 11.5 Å². The van der Waals surface area contributed by atoms with Gasteiger partial charge >= 0.3 is 6.18 Å². The minimum absolute atomic E-state index is 0.0585. The summed E-state index contributed by atoms with van der Waals surface area (Å²) in [5.41, 5.74) is 0.306. The summed E-state index contributed by atoms with van der Waals surface area (Å²) >= 11 is 6.18. The van der Waals surface area contributed by atoms with E-state index < -0.39 is 23.7 Å². The number of halogens is 4. The molecule has 0 bridgehead atoms. The van der Waals surface area contributed by atoms with Crippen molar-refractivity contribution in [3.05, 3.63) is 64.2 Å². The van der Waals surface area contributed by atoms with Crippen molar-refractivity contribution in [2.24, 2.45) is 0 Å². The zero-order valence-electron chi connectivity index (χ0n) is 15.0. The minimum Gasteiger partial charge on any atom is -0.346 e. The van der Waals surface area contributed by atoms with Crippen LogP contribution in [0, 0.1) is 0 Å². The Morgan fingerprint density at radius 1 is 1.21 bits per heavy atom. The third kappa shape index (κ3) is 4.30. The standard InChI is InChI=1S/C20H18ClF3N2O2/c1-12(13-4-2-5-15(10-13)20(22,23)24)25-19(28)14-7-8-16(21)17(11-14)26-9-3-6-18(26)27/h2,4-5,7-8,10-12H,3,6,9H2,1H3,(H,25,28)/t12-/m0/s1. The number of amides is 2. The molecule has 1 atom stereocenters. The molecule has 1 aliphatic heterocycles. The second-order valence-electron chi connectivity index (χ2n) is 6.63. The van der Waals surface area contributed by atoms with Crippen molar-refractivity contribution >= 4 is 29.1 Å². The topological polar surface area (TPSA) is 49.4 Å². The molecule has 148 valence electrons. The van der Waals surface area contributed by atoms with E-state index in [1.54, 1.807) is 6.92 Å². The first-order valence-electron chi connectivity index (χ1n) is 8.75. The van der Waals surface area contributed by atoms with Crippen molar-refractivity contribution in [3.63, 3.8) is 0 Å². The third-order valence-corrected chi connectivity index (χ3v) is 4.95. The van der Waals surface area contributed by atoms with Crippen LogP contribution in [-0.4, -0.2) is 18.4 Å². The molecule has 0 aliphatic carbocycles. The maximum atomic E-state index is 12.9. The Bertz CT molecular complexity index is 915. The Labute approximate surface area is 165 Å². The van der Waals surface area contributed by atoms with E-state index in [0.717, 1.165) is 18.6 Å². The van der Waals surface area contributed by atoms with E-state index in [0.29, 0.717) is 29.2 Å². The van der Waals surface area contributed by atoms with Crippen molar-refractivity contribution in [1.29, 1.82) is 0 Å².